The van der Waals surface area contributed by atoms with Gasteiger partial charge in [0.1, 0.15) is 6.54 Å². The standard InChI is InChI=1S/C24H24N4O4/c1-14-19-8-7-18-21(16-10-25-28(11-16)12-20(30)31)26-27-23(18)24(19,9-15(13-29)22(14)32)17-5-3-2-4-6-17/h2-6,10-11,13-14,19,29H,7-9,12H2,1H3,(H,26,27)(H,30,31)/t14-,19-,24+/m0/s1. The van der Waals surface area contributed by atoms with Gasteiger partial charge in [-0.2, -0.15) is 10.2 Å². The molecule has 2 aliphatic carbocycles. The molecule has 32 heavy (non-hydrogen) atoms. The molecule has 1 saturated carbocycles. The predicted molar refractivity (Wildman–Crippen MR) is 116 cm³/mol. The number of aromatic nitrogens is 4. The Kier molecular flexibility index (Phi) is 4.73. The molecule has 8 nitrogen and oxygen atoms in total. The first-order chi connectivity index (χ1) is 15.5. The highest BCUT2D eigenvalue weighted by Gasteiger charge is 2.55. The summed E-state index contributed by atoms with van der Waals surface area (Å²) in [6.45, 7) is 1.73. The van der Waals surface area contributed by atoms with Crippen LogP contribution in [0.25, 0.3) is 11.3 Å². The molecule has 164 valence electrons. The summed E-state index contributed by atoms with van der Waals surface area (Å²) in [5.41, 5.74) is 4.50. The maximum Gasteiger partial charge on any atom is 0.325 e. The molecule has 8 heteroatoms. The Hall–Kier alpha value is -3.68. The third-order valence-corrected chi connectivity index (χ3v) is 7.09. The number of carbonyl (C=O) groups excluding carboxylic acids is 1. The first kappa shape index (κ1) is 20.2. The minimum absolute atomic E-state index is 0.00166. The number of hydrogen-bond donors (Lipinski definition) is 3. The molecule has 2 aromatic heterocycles. The molecule has 0 aliphatic heterocycles. The van der Waals surface area contributed by atoms with Crippen LogP contribution >= 0.6 is 0 Å². The average molecular weight is 432 g/mol. The maximum absolute atomic E-state index is 12.9. The van der Waals surface area contributed by atoms with Gasteiger partial charge in [0, 0.05) is 34.2 Å². The molecule has 3 N–H and O–H groups in total. The summed E-state index contributed by atoms with van der Waals surface area (Å²) in [6.07, 6.45) is 6.25. The van der Waals surface area contributed by atoms with E-state index in [0.29, 0.717) is 12.0 Å². The average Bonchev–Trinajstić information content (AvgIpc) is 3.43. The van der Waals surface area contributed by atoms with E-state index < -0.39 is 11.4 Å². The van der Waals surface area contributed by atoms with Crippen LogP contribution < -0.4 is 0 Å². The number of rotatable bonds is 4. The summed E-state index contributed by atoms with van der Waals surface area (Å²) in [5, 5.41) is 31.0. The number of aliphatic hydroxyl groups is 1. The van der Waals surface area contributed by atoms with Crippen LogP contribution in [0.2, 0.25) is 0 Å². The number of H-pyrrole nitrogens is 1. The second kappa shape index (κ2) is 7.47. The zero-order chi connectivity index (χ0) is 22.5. The Morgan fingerprint density at radius 3 is 2.84 bits per heavy atom. The van der Waals surface area contributed by atoms with Crippen molar-refractivity contribution in [3.05, 3.63) is 71.4 Å². The van der Waals surface area contributed by atoms with Crippen molar-refractivity contribution in [3.8, 4) is 11.3 Å². The molecule has 3 atom stereocenters. The van der Waals surface area contributed by atoms with Gasteiger partial charge in [-0.15, -0.1) is 0 Å². The summed E-state index contributed by atoms with van der Waals surface area (Å²) in [4.78, 5) is 23.9. The van der Waals surface area contributed by atoms with Gasteiger partial charge < -0.3 is 10.2 Å². The monoisotopic (exact) mass is 432 g/mol. The number of ketones is 1. The first-order valence-electron chi connectivity index (χ1n) is 10.7. The van der Waals surface area contributed by atoms with Gasteiger partial charge in [-0.25, -0.2) is 0 Å². The van der Waals surface area contributed by atoms with Crippen LogP contribution in [-0.4, -0.2) is 41.9 Å². The lowest BCUT2D eigenvalue weighted by molar-refractivity contribution is -0.137. The second-order valence-electron chi connectivity index (χ2n) is 8.71. The van der Waals surface area contributed by atoms with Crippen molar-refractivity contribution in [2.24, 2.45) is 11.8 Å². The molecular weight excluding hydrogens is 408 g/mol. The molecule has 0 unspecified atom stereocenters. The van der Waals surface area contributed by atoms with E-state index in [9.17, 15) is 14.7 Å². The number of aromatic amines is 1. The molecule has 1 fully saturated rings. The van der Waals surface area contributed by atoms with Crippen LogP contribution in [0.1, 0.15) is 36.6 Å². The molecule has 0 spiro atoms. The van der Waals surface area contributed by atoms with E-state index in [4.69, 9.17) is 10.2 Å². The molecule has 2 aliphatic rings. The van der Waals surface area contributed by atoms with Crippen molar-refractivity contribution in [2.75, 3.05) is 0 Å². The predicted octanol–water partition coefficient (Wildman–Crippen LogP) is 3.26. The normalized spacial score (nSPS) is 26.0. The summed E-state index contributed by atoms with van der Waals surface area (Å²) in [5.74, 6) is -1.15. The Balaban J connectivity index is 1.68. The lowest BCUT2D eigenvalue weighted by Crippen LogP contribution is -2.50. The highest BCUT2D eigenvalue weighted by atomic mass is 16.4. The van der Waals surface area contributed by atoms with Gasteiger partial charge in [-0.3, -0.25) is 19.4 Å². The summed E-state index contributed by atoms with van der Waals surface area (Å²) < 4.78 is 1.39. The second-order valence-corrected chi connectivity index (χ2v) is 8.71. The van der Waals surface area contributed by atoms with E-state index >= 15 is 0 Å². The van der Waals surface area contributed by atoms with Gasteiger partial charge >= 0.3 is 5.97 Å². The van der Waals surface area contributed by atoms with E-state index in [-0.39, 0.29) is 24.2 Å². The lowest BCUT2D eigenvalue weighted by Gasteiger charge is -2.49. The topological polar surface area (TPSA) is 121 Å². The third-order valence-electron chi connectivity index (χ3n) is 7.09. The molecule has 2 heterocycles. The minimum atomic E-state index is -0.957. The van der Waals surface area contributed by atoms with Gasteiger partial charge in [-0.1, -0.05) is 37.3 Å². The van der Waals surface area contributed by atoms with E-state index in [1.807, 2.05) is 25.1 Å². The van der Waals surface area contributed by atoms with Crippen LogP contribution in [0.4, 0.5) is 0 Å². The fourth-order valence-corrected chi connectivity index (χ4v) is 5.71. The number of aliphatic carboxylic acids is 1. The molecule has 3 aromatic rings. The van der Waals surface area contributed by atoms with Crippen molar-refractivity contribution >= 4 is 11.8 Å². The molecule has 0 saturated heterocycles. The number of nitrogens with zero attached hydrogens (tertiary/aromatic N) is 3. The highest BCUT2D eigenvalue weighted by Crippen LogP contribution is 2.56. The van der Waals surface area contributed by atoms with Crippen molar-refractivity contribution in [1.29, 1.82) is 0 Å². The molecule has 5 rings (SSSR count). The van der Waals surface area contributed by atoms with Crippen LogP contribution in [0.5, 0.6) is 0 Å². The first-order valence-corrected chi connectivity index (χ1v) is 10.7. The maximum atomic E-state index is 12.9. The summed E-state index contributed by atoms with van der Waals surface area (Å²) in [7, 11) is 0. The van der Waals surface area contributed by atoms with Crippen molar-refractivity contribution < 1.29 is 19.8 Å². The molecule has 0 bridgehead atoms. The number of allylic oxidation sites excluding steroid dienone is 1. The molecule has 1 aromatic carbocycles. The van der Waals surface area contributed by atoms with E-state index in [2.05, 4.69) is 22.3 Å². The van der Waals surface area contributed by atoms with Gasteiger partial charge in [0.2, 0.25) is 0 Å². The van der Waals surface area contributed by atoms with E-state index in [1.165, 1.54) is 4.68 Å². The largest absolute Gasteiger partial charge is 0.515 e. The molecule has 0 radical (unpaired) electrons. The van der Waals surface area contributed by atoms with Crippen molar-refractivity contribution in [1.82, 2.24) is 20.0 Å². The third kappa shape index (κ3) is 2.90. The molecule has 0 amide bonds. The van der Waals surface area contributed by atoms with Gasteiger partial charge in [-0.05, 0) is 30.7 Å². The zero-order valence-electron chi connectivity index (χ0n) is 17.7. The van der Waals surface area contributed by atoms with Crippen LogP contribution in [-0.2, 0) is 28.0 Å². The number of carboxylic acids is 1. The van der Waals surface area contributed by atoms with Crippen LogP contribution in [0, 0.1) is 11.8 Å². The number of fused-ring (bicyclic) bond motifs is 3. The number of carbonyl (C=O) groups is 2. The number of carboxylic acid groups (broad SMARTS) is 1. The van der Waals surface area contributed by atoms with Crippen LogP contribution in [0.3, 0.4) is 0 Å². The van der Waals surface area contributed by atoms with E-state index in [0.717, 1.165) is 47.2 Å². The van der Waals surface area contributed by atoms with Crippen molar-refractivity contribution in [3.63, 3.8) is 0 Å². The number of aliphatic hydroxyl groups excluding tert-OH is 1. The fourth-order valence-electron chi connectivity index (χ4n) is 5.71. The lowest BCUT2D eigenvalue weighted by atomic mass is 9.52. The number of Topliss-reactive ketones (excluding diaryl/α,β-unsaturated/α-hetero) is 1. The zero-order valence-corrected chi connectivity index (χ0v) is 17.7. The van der Waals surface area contributed by atoms with Gasteiger partial charge in [0.05, 0.1) is 23.8 Å². The highest BCUT2D eigenvalue weighted by molar-refractivity contribution is 5.98. The molecular formula is C24H24N4O4. The fraction of sp³-hybridized carbons (Fsp3) is 0.333. The Labute approximate surface area is 184 Å². The number of nitrogens with one attached hydrogen (secondary N) is 1. The Morgan fingerprint density at radius 2 is 2.12 bits per heavy atom. The smallest absolute Gasteiger partial charge is 0.325 e. The number of hydrogen-bond acceptors (Lipinski definition) is 5. The summed E-state index contributed by atoms with van der Waals surface area (Å²) in [6, 6.07) is 10.1. The SMILES string of the molecule is C[C@@H]1C(=O)C(=CO)C[C@]2(c3ccccc3)c3n[nH]c(-c4cnn(CC(=O)O)c4)c3CC[C@@H]12. The number of benzene rings is 1. The van der Waals surface area contributed by atoms with E-state index in [1.54, 1.807) is 12.4 Å². The quantitative estimate of drug-likeness (QED) is 0.430. The van der Waals surface area contributed by atoms with Gasteiger partial charge in [0.15, 0.2) is 5.78 Å². The minimum Gasteiger partial charge on any atom is -0.515 e. The summed E-state index contributed by atoms with van der Waals surface area (Å²) >= 11 is 0. The van der Waals surface area contributed by atoms with Crippen molar-refractivity contribution in [2.45, 2.75) is 38.1 Å². The Bertz CT molecular complexity index is 1230. The van der Waals surface area contributed by atoms with Gasteiger partial charge in [0.25, 0.3) is 0 Å². The van der Waals surface area contributed by atoms with Crippen LogP contribution in [0.15, 0.2) is 54.6 Å². The Morgan fingerprint density at radius 1 is 1.34 bits per heavy atom.